The van der Waals surface area contributed by atoms with Crippen LogP contribution in [-0.4, -0.2) is 30.3 Å². The van der Waals surface area contributed by atoms with Crippen LogP contribution in [0.5, 0.6) is 0 Å². The predicted molar refractivity (Wildman–Crippen MR) is 73.0 cm³/mol. The molecule has 0 saturated heterocycles. The van der Waals surface area contributed by atoms with E-state index in [1.165, 1.54) is 24.3 Å². The molecule has 1 aromatic carbocycles. The Kier molecular flexibility index (Phi) is 5.09. The third kappa shape index (κ3) is 5.08. The van der Waals surface area contributed by atoms with Crippen LogP contribution in [-0.2, 0) is 9.53 Å². The molecule has 0 aliphatic heterocycles. The van der Waals surface area contributed by atoms with Crippen LogP contribution < -0.4 is 5.32 Å². The number of anilines is 1. The molecule has 0 unspecified atom stereocenters. The molecule has 9 heteroatoms. The van der Waals surface area contributed by atoms with Crippen molar-refractivity contribution in [2.24, 2.45) is 0 Å². The van der Waals surface area contributed by atoms with Crippen LogP contribution in [0.4, 0.5) is 22.7 Å². The van der Waals surface area contributed by atoms with Gasteiger partial charge in [0, 0.05) is 10.9 Å². The maximum Gasteiger partial charge on any atom is 0.411 e. The van der Waals surface area contributed by atoms with E-state index >= 15 is 0 Å². The minimum absolute atomic E-state index is 0.222. The van der Waals surface area contributed by atoms with Crippen LogP contribution >= 0.6 is 11.3 Å². The van der Waals surface area contributed by atoms with Gasteiger partial charge in [0.1, 0.15) is 19.0 Å². The van der Waals surface area contributed by atoms with Crippen LogP contribution in [0.3, 0.4) is 0 Å². The first kappa shape index (κ1) is 16.4. The smallest absolute Gasteiger partial charge is 0.362 e. The topological polar surface area (TPSA) is 51.2 Å². The number of nitrogens with zero attached hydrogens (tertiary/aromatic N) is 1. The molecule has 0 aliphatic carbocycles. The number of ether oxygens (including phenoxy) is 1. The lowest BCUT2D eigenvalue weighted by Crippen LogP contribution is -2.23. The monoisotopic (exact) mass is 334 g/mol. The minimum Gasteiger partial charge on any atom is -0.362 e. The number of carbonyl (C=O) groups excluding carboxylic acids is 1. The van der Waals surface area contributed by atoms with E-state index in [1.54, 1.807) is 5.38 Å². The van der Waals surface area contributed by atoms with Gasteiger partial charge in [-0.05, 0) is 24.3 Å². The fraction of sp³-hybridized carbons (Fsp3) is 0.231. The van der Waals surface area contributed by atoms with Gasteiger partial charge in [-0.1, -0.05) is 0 Å². The second kappa shape index (κ2) is 6.84. The quantitative estimate of drug-likeness (QED) is 0.852. The van der Waals surface area contributed by atoms with Gasteiger partial charge in [0.15, 0.2) is 5.13 Å². The summed E-state index contributed by atoms with van der Waals surface area (Å²) in [4.78, 5) is 15.5. The third-order valence-corrected chi connectivity index (χ3v) is 3.15. The Balaban J connectivity index is 1.89. The normalized spacial score (nSPS) is 11.5. The van der Waals surface area contributed by atoms with E-state index in [9.17, 15) is 22.4 Å². The number of carbonyl (C=O) groups is 1. The van der Waals surface area contributed by atoms with Crippen molar-refractivity contribution in [1.29, 1.82) is 0 Å². The molecule has 1 amide bonds. The summed E-state index contributed by atoms with van der Waals surface area (Å²) in [5.41, 5.74) is 1.18. The van der Waals surface area contributed by atoms with Gasteiger partial charge in [0.2, 0.25) is 0 Å². The fourth-order valence-electron chi connectivity index (χ4n) is 1.50. The van der Waals surface area contributed by atoms with Gasteiger partial charge in [-0.2, -0.15) is 13.2 Å². The van der Waals surface area contributed by atoms with Crippen LogP contribution in [0.15, 0.2) is 29.6 Å². The van der Waals surface area contributed by atoms with Crippen LogP contribution in [0.1, 0.15) is 0 Å². The van der Waals surface area contributed by atoms with Crippen molar-refractivity contribution in [3.63, 3.8) is 0 Å². The third-order valence-electron chi connectivity index (χ3n) is 2.39. The summed E-state index contributed by atoms with van der Waals surface area (Å²) >= 11 is 1.10. The van der Waals surface area contributed by atoms with Gasteiger partial charge in [-0.15, -0.1) is 11.3 Å². The average molecular weight is 334 g/mol. The lowest BCUT2D eigenvalue weighted by atomic mass is 10.2. The molecule has 0 bridgehead atoms. The number of benzene rings is 1. The molecule has 22 heavy (non-hydrogen) atoms. The molecular formula is C13H10F4N2O2S. The predicted octanol–water partition coefficient (Wildman–Crippen LogP) is 3.47. The largest absolute Gasteiger partial charge is 0.411 e. The molecule has 0 atom stereocenters. The summed E-state index contributed by atoms with van der Waals surface area (Å²) in [5, 5.41) is 4.19. The molecule has 4 nitrogen and oxygen atoms in total. The Morgan fingerprint density at radius 1 is 1.27 bits per heavy atom. The number of aromatic nitrogens is 1. The minimum atomic E-state index is -4.47. The summed E-state index contributed by atoms with van der Waals surface area (Å²) in [7, 11) is 0. The average Bonchev–Trinajstić information content (AvgIpc) is 2.86. The van der Waals surface area contributed by atoms with Gasteiger partial charge in [0.05, 0.1) is 5.69 Å². The molecule has 2 aromatic rings. The van der Waals surface area contributed by atoms with E-state index in [0.717, 1.165) is 11.3 Å². The number of hydrogen-bond donors (Lipinski definition) is 1. The van der Waals surface area contributed by atoms with Crippen molar-refractivity contribution in [3.8, 4) is 11.3 Å². The second-order valence-corrected chi connectivity index (χ2v) is 5.06. The summed E-state index contributed by atoms with van der Waals surface area (Å²) in [6, 6.07) is 5.61. The SMILES string of the molecule is O=C(COCC(F)(F)F)Nc1nc(-c2ccc(F)cc2)cs1. The molecule has 0 radical (unpaired) electrons. The van der Waals surface area contributed by atoms with Crippen molar-refractivity contribution in [1.82, 2.24) is 4.98 Å². The number of alkyl halides is 3. The Morgan fingerprint density at radius 2 is 1.95 bits per heavy atom. The summed E-state index contributed by atoms with van der Waals surface area (Å²) < 4.78 is 52.6. The Hall–Kier alpha value is -2.00. The molecule has 2 rings (SSSR count). The standard InChI is InChI=1S/C13H10F4N2O2S/c14-9-3-1-8(2-4-9)10-6-22-12(18-10)19-11(20)5-21-7-13(15,16)17/h1-4,6H,5,7H2,(H,18,19,20). The van der Waals surface area contributed by atoms with Crippen molar-refractivity contribution in [2.45, 2.75) is 6.18 Å². The first-order valence-corrected chi connectivity index (χ1v) is 6.87. The molecule has 118 valence electrons. The van der Waals surface area contributed by atoms with Gasteiger partial charge < -0.3 is 4.74 Å². The molecule has 0 spiro atoms. The Bertz CT molecular complexity index is 640. The highest BCUT2D eigenvalue weighted by Crippen LogP contribution is 2.25. The van der Waals surface area contributed by atoms with E-state index in [0.29, 0.717) is 11.3 Å². The van der Waals surface area contributed by atoms with Crippen LogP contribution in [0, 0.1) is 5.82 Å². The van der Waals surface area contributed by atoms with Gasteiger partial charge >= 0.3 is 6.18 Å². The molecule has 1 aromatic heterocycles. The van der Waals surface area contributed by atoms with Gasteiger partial charge in [-0.25, -0.2) is 9.37 Å². The molecule has 1 heterocycles. The fourth-order valence-corrected chi connectivity index (χ4v) is 2.24. The zero-order chi connectivity index (χ0) is 16.2. The highest BCUT2D eigenvalue weighted by molar-refractivity contribution is 7.14. The van der Waals surface area contributed by atoms with E-state index in [1.807, 2.05) is 0 Å². The van der Waals surface area contributed by atoms with Crippen LogP contribution in [0.2, 0.25) is 0 Å². The summed E-state index contributed by atoms with van der Waals surface area (Å²) in [5.74, 6) is -1.11. The van der Waals surface area contributed by atoms with E-state index in [2.05, 4.69) is 15.0 Å². The van der Waals surface area contributed by atoms with Crippen molar-refractivity contribution in [3.05, 3.63) is 35.5 Å². The van der Waals surface area contributed by atoms with Gasteiger partial charge in [0.25, 0.3) is 5.91 Å². The van der Waals surface area contributed by atoms with E-state index < -0.39 is 25.3 Å². The lowest BCUT2D eigenvalue weighted by Gasteiger charge is -2.06. The Labute approximate surface area is 126 Å². The zero-order valence-electron chi connectivity index (χ0n) is 11.0. The maximum absolute atomic E-state index is 12.8. The van der Waals surface area contributed by atoms with E-state index in [4.69, 9.17) is 0 Å². The number of nitrogens with one attached hydrogen (secondary N) is 1. The number of amides is 1. The first-order valence-electron chi connectivity index (χ1n) is 5.99. The summed E-state index contributed by atoms with van der Waals surface area (Å²) in [6.07, 6.45) is -4.47. The first-order chi connectivity index (χ1) is 10.3. The van der Waals surface area contributed by atoms with Gasteiger partial charge in [-0.3, -0.25) is 10.1 Å². The van der Waals surface area contributed by atoms with Crippen LogP contribution in [0.25, 0.3) is 11.3 Å². The molecular weight excluding hydrogens is 324 g/mol. The molecule has 0 fully saturated rings. The lowest BCUT2D eigenvalue weighted by molar-refractivity contribution is -0.174. The van der Waals surface area contributed by atoms with E-state index in [-0.39, 0.29) is 10.9 Å². The van der Waals surface area contributed by atoms with Crippen molar-refractivity contribution < 1.29 is 27.1 Å². The molecule has 0 aliphatic rings. The molecule has 0 saturated carbocycles. The Morgan fingerprint density at radius 3 is 2.59 bits per heavy atom. The maximum atomic E-state index is 12.8. The number of rotatable bonds is 5. The highest BCUT2D eigenvalue weighted by atomic mass is 32.1. The second-order valence-electron chi connectivity index (χ2n) is 4.20. The highest BCUT2D eigenvalue weighted by Gasteiger charge is 2.27. The van der Waals surface area contributed by atoms with Crippen molar-refractivity contribution in [2.75, 3.05) is 18.5 Å². The number of thiazole rings is 1. The zero-order valence-corrected chi connectivity index (χ0v) is 11.8. The number of halogens is 4. The van der Waals surface area contributed by atoms with Crippen molar-refractivity contribution >= 4 is 22.4 Å². The number of hydrogen-bond acceptors (Lipinski definition) is 4. The summed E-state index contributed by atoms with van der Waals surface area (Å²) in [6.45, 7) is -2.20. The molecule has 1 N–H and O–H groups in total.